The molecule has 0 fully saturated rings. The Balaban J connectivity index is 2.12. The van der Waals surface area contributed by atoms with Crippen molar-refractivity contribution >= 4 is 5.57 Å². The molecule has 0 atom stereocenters. The van der Waals surface area contributed by atoms with Crippen LogP contribution in [0.5, 0.6) is 0 Å². The number of imidazole rings is 1. The molecule has 2 aromatic carbocycles. The van der Waals surface area contributed by atoms with E-state index in [0.717, 1.165) is 5.69 Å². The van der Waals surface area contributed by atoms with Gasteiger partial charge in [-0.2, -0.15) is 0 Å². The zero-order valence-electron chi connectivity index (χ0n) is 11.8. The fraction of sp³-hybridized carbons (Fsp3) is 0.0556. The van der Waals surface area contributed by atoms with Gasteiger partial charge < -0.3 is 4.98 Å². The van der Waals surface area contributed by atoms with E-state index in [1.165, 1.54) is 24.3 Å². The second kappa shape index (κ2) is 5.93. The summed E-state index contributed by atoms with van der Waals surface area (Å²) in [5.41, 5.74) is 2.86. The monoisotopic (exact) mass is 296 g/mol. The summed E-state index contributed by atoms with van der Waals surface area (Å²) in [6.45, 7) is 4.09. The van der Waals surface area contributed by atoms with E-state index in [1.54, 1.807) is 36.8 Å². The second-order valence-corrected chi connectivity index (χ2v) is 5.03. The lowest BCUT2D eigenvalue weighted by Gasteiger charge is -2.20. The Morgan fingerprint density at radius 2 is 1.59 bits per heavy atom. The number of hydrogen-bond acceptors (Lipinski definition) is 1. The van der Waals surface area contributed by atoms with Gasteiger partial charge >= 0.3 is 0 Å². The summed E-state index contributed by atoms with van der Waals surface area (Å²) in [6, 6.07) is 12.5. The highest BCUT2D eigenvalue weighted by Crippen LogP contribution is 2.36. The van der Waals surface area contributed by atoms with E-state index in [2.05, 4.69) is 16.5 Å². The number of halogens is 2. The van der Waals surface area contributed by atoms with Gasteiger partial charge in [0, 0.05) is 5.92 Å². The van der Waals surface area contributed by atoms with Crippen LogP contribution >= 0.6 is 0 Å². The average molecular weight is 296 g/mol. The number of nitrogens with zero attached hydrogens (tertiary/aromatic N) is 1. The van der Waals surface area contributed by atoms with Crippen molar-refractivity contribution < 1.29 is 8.78 Å². The van der Waals surface area contributed by atoms with Crippen LogP contribution in [0.25, 0.3) is 5.57 Å². The van der Waals surface area contributed by atoms with Crippen LogP contribution in [-0.4, -0.2) is 9.97 Å². The van der Waals surface area contributed by atoms with Crippen molar-refractivity contribution in [3.63, 3.8) is 0 Å². The first-order chi connectivity index (χ1) is 10.6. The van der Waals surface area contributed by atoms with Crippen LogP contribution in [0, 0.1) is 11.6 Å². The second-order valence-electron chi connectivity index (χ2n) is 5.03. The maximum Gasteiger partial charge on any atom is 0.123 e. The Hall–Kier alpha value is -2.75. The minimum atomic E-state index is -0.355. The van der Waals surface area contributed by atoms with Crippen molar-refractivity contribution in [1.82, 2.24) is 9.97 Å². The molecule has 3 aromatic rings. The van der Waals surface area contributed by atoms with Crippen molar-refractivity contribution in [2.45, 2.75) is 5.92 Å². The molecular formula is C18H14F2N2. The molecule has 0 aliphatic carbocycles. The summed E-state index contributed by atoms with van der Waals surface area (Å²) in [5.74, 6) is -1.03. The van der Waals surface area contributed by atoms with E-state index >= 15 is 0 Å². The highest BCUT2D eigenvalue weighted by molar-refractivity contribution is 5.70. The molecule has 22 heavy (non-hydrogen) atoms. The highest BCUT2D eigenvalue weighted by Gasteiger charge is 2.20. The molecule has 0 saturated heterocycles. The molecule has 0 amide bonds. The molecule has 0 saturated carbocycles. The van der Waals surface area contributed by atoms with Crippen molar-refractivity contribution in [1.29, 1.82) is 0 Å². The molecule has 0 bridgehead atoms. The lowest BCUT2D eigenvalue weighted by atomic mass is 9.84. The van der Waals surface area contributed by atoms with Gasteiger partial charge in [-0.25, -0.2) is 13.8 Å². The van der Waals surface area contributed by atoms with Crippen LogP contribution in [0.2, 0.25) is 0 Å². The maximum atomic E-state index is 13.6. The predicted octanol–water partition coefficient (Wildman–Crippen LogP) is 4.53. The van der Waals surface area contributed by atoms with Gasteiger partial charge in [-0.05, 0) is 41.0 Å². The zero-order valence-corrected chi connectivity index (χ0v) is 11.8. The number of rotatable bonds is 4. The highest BCUT2D eigenvalue weighted by atomic mass is 19.1. The molecule has 0 aliphatic rings. The van der Waals surface area contributed by atoms with Crippen molar-refractivity contribution in [3.05, 3.63) is 96.1 Å². The zero-order chi connectivity index (χ0) is 15.5. The topological polar surface area (TPSA) is 28.7 Å². The summed E-state index contributed by atoms with van der Waals surface area (Å²) in [4.78, 5) is 6.97. The fourth-order valence-corrected chi connectivity index (χ4v) is 2.55. The number of aromatic nitrogens is 2. The van der Waals surface area contributed by atoms with E-state index < -0.39 is 0 Å². The molecule has 1 heterocycles. The normalized spacial score (nSPS) is 10.9. The van der Waals surface area contributed by atoms with Crippen molar-refractivity contribution in [2.24, 2.45) is 0 Å². The minimum absolute atomic E-state index is 0.337. The number of allylic oxidation sites excluding steroid dienone is 1. The molecule has 110 valence electrons. The summed E-state index contributed by atoms with van der Waals surface area (Å²) in [5, 5.41) is 0. The average Bonchev–Trinajstić information content (AvgIpc) is 3.02. The third-order valence-corrected chi connectivity index (χ3v) is 3.56. The van der Waals surface area contributed by atoms with Crippen molar-refractivity contribution in [3.8, 4) is 0 Å². The summed E-state index contributed by atoms with van der Waals surface area (Å²) < 4.78 is 27.2. The molecule has 0 aliphatic heterocycles. The van der Waals surface area contributed by atoms with Crippen LogP contribution in [0.1, 0.15) is 22.7 Å². The van der Waals surface area contributed by atoms with Gasteiger partial charge in [0.15, 0.2) is 0 Å². The third-order valence-electron chi connectivity index (χ3n) is 3.56. The molecule has 0 unspecified atom stereocenters. The van der Waals surface area contributed by atoms with Gasteiger partial charge in [-0.15, -0.1) is 0 Å². The van der Waals surface area contributed by atoms with Gasteiger partial charge in [-0.3, -0.25) is 0 Å². The smallest absolute Gasteiger partial charge is 0.123 e. The molecular weight excluding hydrogens is 282 g/mol. The molecule has 0 spiro atoms. The minimum Gasteiger partial charge on any atom is -0.345 e. The third kappa shape index (κ3) is 2.81. The summed E-state index contributed by atoms with van der Waals surface area (Å²) >= 11 is 0. The Labute approximate surface area is 127 Å². The molecule has 2 nitrogen and oxygen atoms in total. The van der Waals surface area contributed by atoms with E-state index in [1.807, 2.05) is 0 Å². The van der Waals surface area contributed by atoms with Gasteiger partial charge in [0.1, 0.15) is 11.6 Å². The van der Waals surface area contributed by atoms with Crippen LogP contribution < -0.4 is 0 Å². The first-order valence-electron chi connectivity index (χ1n) is 6.83. The molecule has 0 radical (unpaired) electrons. The van der Waals surface area contributed by atoms with Gasteiger partial charge in [0.05, 0.1) is 18.2 Å². The SMILES string of the molecule is C=C(c1cnc[nH]1)C(c1cccc(F)c1)c1cccc(F)c1. The first-order valence-corrected chi connectivity index (χ1v) is 6.83. The number of H-pyrrole nitrogens is 1. The van der Waals surface area contributed by atoms with Crippen LogP contribution in [-0.2, 0) is 0 Å². The van der Waals surface area contributed by atoms with E-state index in [4.69, 9.17) is 0 Å². The maximum absolute atomic E-state index is 13.6. The fourth-order valence-electron chi connectivity index (χ4n) is 2.55. The number of nitrogens with one attached hydrogen (secondary N) is 1. The Morgan fingerprint density at radius 1 is 1.00 bits per heavy atom. The van der Waals surface area contributed by atoms with Crippen LogP contribution in [0.3, 0.4) is 0 Å². The van der Waals surface area contributed by atoms with Gasteiger partial charge in [0.25, 0.3) is 0 Å². The standard InChI is InChI=1S/C18H14F2N2/c1-12(17-10-21-11-22-17)18(13-4-2-6-15(19)8-13)14-5-3-7-16(20)9-14/h2-11,18H,1H2,(H,21,22). The Bertz CT molecular complexity index is 749. The van der Waals surface area contributed by atoms with Gasteiger partial charge in [-0.1, -0.05) is 30.8 Å². The van der Waals surface area contributed by atoms with Crippen molar-refractivity contribution in [2.75, 3.05) is 0 Å². The summed E-state index contributed by atoms with van der Waals surface area (Å²) in [6.07, 6.45) is 3.20. The van der Waals surface area contributed by atoms with E-state index in [9.17, 15) is 8.78 Å². The summed E-state index contributed by atoms with van der Waals surface area (Å²) in [7, 11) is 0. The quantitative estimate of drug-likeness (QED) is 0.752. The van der Waals surface area contributed by atoms with Crippen LogP contribution in [0.4, 0.5) is 8.78 Å². The van der Waals surface area contributed by atoms with E-state index in [-0.39, 0.29) is 17.6 Å². The predicted molar refractivity (Wildman–Crippen MR) is 82.3 cm³/mol. The van der Waals surface area contributed by atoms with Gasteiger partial charge in [0.2, 0.25) is 0 Å². The molecule has 1 aromatic heterocycles. The van der Waals surface area contributed by atoms with Crippen LogP contribution in [0.15, 0.2) is 67.6 Å². The molecule has 3 rings (SSSR count). The largest absolute Gasteiger partial charge is 0.345 e. The Kier molecular flexibility index (Phi) is 3.83. The number of benzene rings is 2. The lowest BCUT2D eigenvalue weighted by molar-refractivity contribution is 0.623. The first kappa shape index (κ1) is 14.2. The number of hydrogen-bond donors (Lipinski definition) is 1. The molecule has 4 heteroatoms. The lowest BCUT2D eigenvalue weighted by Crippen LogP contribution is -2.05. The Morgan fingerprint density at radius 3 is 2.05 bits per heavy atom. The molecule has 1 N–H and O–H groups in total. The number of aromatic amines is 1. The van der Waals surface area contributed by atoms with E-state index in [0.29, 0.717) is 16.7 Å².